The van der Waals surface area contributed by atoms with Crippen molar-refractivity contribution in [3.63, 3.8) is 0 Å². The van der Waals surface area contributed by atoms with Crippen LogP contribution in [0.25, 0.3) is 0 Å². The van der Waals surface area contributed by atoms with Crippen molar-refractivity contribution in [3.05, 3.63) is 59.7 Å². The van der Waals surface area contributed by atoms with Crippen LogP contribution in [0.15, 0.2) is 53.7 Å². The second-order valence-corrected chi connectivity index (χ2v) is 6.47. The van der Waals surface area contributed by atoms with E-state index in [9.17, 15) is 14.7 Å². The molecule has 2 aromatic carbocycles. The normalized spacial score (nSPS) is 18.1. The molecule has 0 aromatic heterocycles. The van der Waals surface area contributed by atoms with Gasteiger partial charge in [0, 0.05) is 12.0 Å². The number of hydrogen-bond donors (Lipinski definition) is 1. The van der Waals surface area contributed by atoms with Gasteiger partial charge in [-0.1, -0.05) is 35.5 Å². The summed E-state index contributed by atoms with van der Waals surface area (Å²) in [6.45, 7) is 0.165. The highest BCUT2D eigenvalue weighted by molar-refractivity contribution is 6.04. The van der Waals surface area contributed by atoms with Crippen molar-refractivity contribution in [1.82, 2.24) is 5.32 Å². The zero-order chi connectivity index (χ0) is 19.5. The van der Waals surface area contributed by atoms with E-state index in [1.165, 1.54) is 0 Å². The number of carboxylic acid groups (broad SMARTS) is 1. The number of hydrogen-bond acceptors (Lipinski definition) is 7. The molecule has 0 saturated carbocycles. The number of nitrogens with zero attached hydrogens (tertiary/aromatic N) is 1. The average Bonchev–Trinajstić information content (AvgIpc) is 3.37. The molecular formula is C20H17N2O6-. The predicted octanol–water partition coefficient (Wildman–Crippen LogP) is 0.386. The smallest absolute Gasteiger partial charge is 0.264 e. The average molecular weight is 381 g/mol. The molecule has 0 saturated heterocycles. The highest BCUT2D eigenvalue weighted by Crippen LogP contribution is 2.33. The van der Waals surface area contributed by atoms with Crippen LogP contribution < -0.4 is 19.9 Å². The Kier molecular flexibility index (Phi) is 4.84. The molecule has 4 rings (SSSR count). The summed E-state index contributed by atoms with van der Waals surface area (Å²) in [5, 5.41) is 17.9. The second kappa shape index (κ2) is 7.59. The lowest BCUT2D eigenvalue weighted by Crippen LogP contribution is -2.51. The number of ether oxygens (including phenoxy) is 2. The molecule has 8 heteroatoms. The van der Waals surface area contributed by atoms with E-state index in [-0.39, 0.29) is 19.6 Å². The van der Waals surface area contributed by atoms with Crippen LogP contribution in [0.4, 0.5) is 0 Å². The van der Waals surface area contributed by atoms with E-state index in [2.05, 4.69) is 10.5 Å². The number of oxime groups is 1. The minimum atomic E-state index is -1.35. The predicted molar refractivity (Wildman–Crippen MR) is 95.7 cm³/mol. The third-order valence-corrected chi connectivity index (χ3v) is 4.55. The highest BCUT2D eigenvalue weighted by atomic mass is 16.7. The minimum Gasteiger partial charge on any atom is -0.548 e. The minimum absolute atomic E-state index is 0.123. The Labute approximate surface area is 160 Å². The zero-order valence-electron chi connectivity index (χ0n) is 14.8. The van der Waals surface area contributed by atoms with Gasteiger partial charge in [-0.05, 0) is 30.2 Å². The molecule has 8 nitrogen and oxygen atoms in total. The molecule has 0 aliphatic carbocycles. The first-order valence-electron chi connectivity index (χ1n) is 8.78. The number of amides is 1. The van der Waals surface area contributed by atoms with Crippen molar-refractivity contribution < 1.29 is 29.0 Å². The fourth-order valence-electron chi connectivity index (χ4n) is 3.07. The van der Waals surface area contributed by atoms with Gasteiger partial charge in [0.1, 0.15) is 0 Å². The molecule has 2 heterocycles. The van der Waals surface area contributed by atoms with Crippen LogP contribution in [-0.4, -0.2) is 36.5 Å². The van der Waals surface area contributed by atoms with Crippen LogP contribution in [0.2, 0.25) is 0 Å². The number of carboxylic acids is 1. The van der Waals surface area contributed by atoms with Crippen LogP contribution in [0.1, 0.15) is 17.5 Å². The molecule has 2 aliphatic rings. The first-order chi connectivity index (χ1) is 13.6. The van der Waals surface area contributed by atoms with Gasteiger partial charge in [-0.25, -0.2) is 0 Å². The van der Waals surface area contributed by atoms with E-state index in [4.69, 9.17) is 14.3 Å². The topological polar surface area (TPSA) is 109 Å². The molecule has 2 aromatic rings. The Morgan fingerprint density at radius 3 is 2.71 bits per heavy atom. The van der Waals surface area contributed by atoms with Crippen LogP contribution >= 0.6 is 0 Å². The first-order valence-corrected chi connectivity index (χ1v) is 8.78. The number of fused-ring (bicyclic) bond motifs is 1. The molecule has 1 amide bonds. The van der Waals surface area contributed by atoms with Crippen molar-refractivity contribution in [2.75, 3.05) is 6.79 Å². The van der Waals surface area contributed by atoms with Gasteiger partial charge in [-0.2, -0.15) is 0 Å². The van der Waals surface area contributed by atoms with Gasteiger partial charge >= 0.3 is 0 Å². The maximum atomic E-state index is 12.5. The molecule has 1 N–H and O–H groups in total. The van der Waals surface area contributed by atoms with Crippen LogP contribution in [-0.2, 0) is 20.8 Å². The van der Waals surface area contributed by atoms with Crippen molar-refractivity contribution in [3.8, 4) is 11.5 Å². The summed E-state index contributed by atoms with van der Waals surface area (Å²) >= 11 is 0. The highest BCUT2D eigenvalue weighted by Gasteiger charge is 2.31. The lowest BCUT2D eigenvalue weighted by molar-refractivity contribution is -0.308. The molecule has 0 radical (unpaired) electrons. The molecule has 2 atom stereocenters. The summed E-state index contributed by atoms with van der Waals surface area (Å²) in [4.78, 5) is 29.1. The third-order valence-electron chi connectivity index (χ3n) is 4.55. The number of carbonyl (C=O) groups excluding carboxylic acids is 2. The summed E-state index contributed by atoms with van der Waals surface area (Å²) < 4.78 is 10.6. The zero-order valence-corrected chi connectivity index (χ0v) is 14.8. The summed E-state index contributed by atoms with van der Waals surface area (Å²) in [7, 11) is 0. The van der Waals surface area contributed by atoms with Gasteiger partial charge < -0.3 is 29.5 Å². The number of rotatable bonds is 6. The molecule has 0 fully saturated rings. The molecule has 0 spiro atoms. The maximum absolute atomic E-state index is 12.5. The van der Waals surface area contributed by atoms with Crippen LogP contribution in [0, 0.1) is 0 Å². The van der Waals surface area contributed by atoms with Crippen LogP contribution in [0.5, 0.6) is 11.5 Å². The Balaban J connectivity index is 1.38. The largest absolute Gasteiger partial charge is 0.548 e. The maximum Gasteiger partial charge on any atom is 0.264 e. The Morgan fingerprint density at radius 1 is 1.14 bits per heavy atom. The van der Waals surface area contributed by atoms with E-state index < -0.39 is 24.0 Å². The molecule has 2 aliphatic heterocycles. The number of nitrogens with one attached hydrogen (secondary N) is 1. The summed E-state index contributed by atoms with van der Waals surface area (Å²) in [6, 6.07) is 13.2. The lowest BCUT2D eigenvalue weighted by atomic mass is 10.0. The quantitative estimate of drug-likeness (QED) is 0.775. The number of aliphatic carboxylic acids is 1. The van der Waals surface area contributed by atoms with Gasteiger partial charge in [0.2, 0.25) is 12.9 Å². The molecule has 0 unspecified atom stereocenters. The fourth-order valence-corrected chi connectivity index (χ4v) is 3.07. The first kappa shape index (κ1) is 17.8. The number of benzene rings is 2. The summed E-state index contributed by atoms with van der Waals surface area (Å²) in [5.41, 5.74) is 2.11. The van der Waals surface area contributed by atoms with Crippen molar-refractivity contribution in [1.29, 1.82) is 0 Å². The Bertz CT molecular complexity index is 928. The van der Waals surface area contributed by atoms with Gasteiger partial charge in [-0.3, -0.25) is 4.79 Å². The Morgan fingerprint density at radius 2 is 1.93 bits per heavy atom. The van der Waals surface area contributed by atoms with Gasteiger partial charge in [0.05, 0.1) is 17.7 Å². The summed E-state index contributed by atoms with van der Waals surface area (Å²) in [5.74, 6) is -0.653. The van der Waals surface area contributed by atoms with E-state index in [0.29, 0.717) is 17.2 Å². The third kappa shape index (κ3) is 3.75. The molecule has 144 valence electrons. The van der Waals surface area contributed by atoms with Crippen molar-refractivity contribution >= 4 is 17.6 Å². The standard InChI is InChI=1S/C20H18N2O6/c23-19(21-15(20(24)25)8-12-4-2-1-3-5-12)18-10-14(22-28-18)13-6-7-16-17(9-13)27-11-26-16/h1-7,9,15,18H,8,10-11H2,(H,21,23)(H,24,25)/p-1/t15-,18-/m1/s1. The van der Waals surface area contributed by atoms with Crippen LogP contribution in [0.3, 0.4) is 0 Å². The van der Waals surface area contributed by atoms with E-state index >= 15 is 0 Å². The van der Waals surface area contributed by atoms with E-state index in [1.54, 1.807) is 42.5 Å². The molecule has 0 bridgehead atoms. The van der Waals surface area contributed by atoms with E-state index in [0.717, 1.165) is 11.1 Å². The van der Waals surface area contributed by atoms with Crippen molar-refractivity contribution in [2.24, 2.45) is 5.16 Å². The van der Waals surface area contributed by atoms with Gasteiger partial charge in [-0.15, -0.1) is 0 Å². The lowest BCUT2D eigenvalue weighted by Gasteiger charge is -2.21. The van der Waals surface area contributed by atoms with Crippen molar-refractivity contribution in [2.45, 2.75) is 25.0 Å². The monoisotopic (exact) mass is 381 g/mol. The summed E-state index contributed by atoms with van der Waals surface area (Å²) in [6.07, 6.45) is -0.563. The second-order valence-electron chi connectivity index (χ2n) is 6.47. The Hall–Kier alpha value is -3.55. The van der Waals surface area contributed by atoms with Gasteiger partial charge in [0.25, 0.3) is 5.91 Å². The fraction of sp³-hybridized carbons (Fsp3) is 0.250. The molecule has 28 heavy (non-hydrogen) atoms. The molecular weight excluding hydrogens is 364 g/mol. The van der Waals surface area contributed by atoms with Gasteiger partial charge in [0.15, 0.2) is 11.5 Å². The van der Waals surface area contributed by atoms with E-state index in [1.807, 2.05) is 6.07 Å². The SMILES string of the molecule is O=C([O-])[C@@H](Cc1ccccc1)NC(=O)[C@H]1CC(c2ccc3c(c2)OCO3)=NO1. The number of carbonyl (C=O) groups is 2.